The van der Waals surface area contributed by atoms with E-state index >= 15 is 0 Å². The second-order valence-electron chi connectivity index (χ2n) is 4.58. The summed E-state index contributed by atoms with van der Waals surface area (Å²) >= 11 is 0. The van der Waals surface area contributed by atoms with Gasteiger partial charge in [0.15, 0.2) is 0 Å². The predicted octanol–water partition coefficient (Wildman–Crippen LogP) is 2.78. The van der Waals surface area contributed by atoms with Gasteiger partial charge in [-0.2, -0.15) is 13.2 Å². The van der Waals surface area contributed by atoms with Gasteiger partial charge in [-0.15, -0.1) is 0 Å². The number of carbonyl (C=O) groups is 1. The second kappa shape index (κ2) is 5.21. The van der Waals surface area contributed by atoms with E-state index < -0.39 is 12.2 Å². The van der Waals surface area contributed by atoms with Gasteiger partial charge >= 0.3 is 6.18 Å². The molecule has 0 radical (unpaired) electrons. The van der Waals surface area contributed by atoms with Crippen molar-refractivity contribution in [3.63, 3.8) is 0 Å². The van der Waals surface area contributed by atoms with Crippen molar-refractivity contribution in [3.05, 3.63) is 29.3 Å². The third-order valence-electron chi connectivity index (χ3n) is 3.20. The average molecular weight is 272 g/mol. The van der Waals surface area contributed by atoms with Gasteiger partial charge in [-0.05, 0) is 37.1 Å². The van der Waals surface area contributed by atoms with Crippen LogP contribution in [0.5, 0.6) is 0 Å². The Morgan fingerprint density at radius 2 is 2.05 bits per heavy atom. The maximum Gasteiger partial charge on any atom is 0.407 e. The van der Waals surface area contributed by atoms with Crippen molar-refractivity contribution >= 4 is 11.6 Å². The van der Waals surface area contributed by atoms with Crippen LogP contribution in [0, 0.1) is 0 Å². The molecule has 19 heavy (non-hydrogen) atoms. The number of anilines is 1. The van der Waals surface area contributed by atoms with E-state index in [4.69, 9.17) is 0 Å². The zero-order valence-electron chi connectivity index (χ0n) is 10.5. The summed E-state index contributed by atoms with van der Waals surface area (Å²) in [5.74, 6) is -0.0903. The minimum Gasteiger partial charge on any atom is -0.326 e. The number of hydrogen-bond acceptors (Lipinski definition) is 2. The first-order valence-electron chi connectivity index (χ1n) is 6.08. The van der Waals surface area contributed by atoms with Gasteiger partial charge in [0.05, 0.1) is 0 Å². The van der Waals surface area contributed by atoms with Crippen LogP contribution in [-0.2, 0) is 11.2 Å². The molecule has 0 aromatic heterocycles. The summed E-state index contributed by atoms with van der Waals surface area (Å²) in [6, 6.07) is 2.79. The molecule has 1 amide bonds. The molecule has 1 heterocycles. The van der Waals surface area contributed by atoms with Crippen molar-refractivity contribution < 1.29 is 18.0 Å². The summed E-state index contributed by atoms with van der Waals surface area (Å²) in [6.45, 7) is 0. The Hall–Kier alpha value is -1.56. The van der Waals surface area contributed by atoms with E-state index in [-0.39, 0.29) is 11.5 Å². The molecule has 0 aliphatic carbocycles. The Kier molecular flexibility index (Phi) is 3.80. The summed E-state index contributed by atoms with van der Waals surface area (Å²) in [5.41, 5.74) is 1.54. The summed E-state index contributed by atoms with van der Waals surface area (Å²) in [5, 5.41) is 4.98. The van der Waals surface area contributed by atoms with E-state index in [0.29, 0.717) is 24.9 Å². The molecule has 0 spiro atoms. The fourth-order valence-corrected chi connectivity index (χ4v) is 2.29. The van der Waals surface area contributed by atoms with Crippen LogP contribution in [0.2, 0.25) is 0 Å². The molecular formula is C13H15F3N2O. The number of amides is 1. The van der Waals surface area contributed by atoms with Gasteiger partial charge in [-0.1, -0.05) is 12.1 Å². The minimum absolute atomic E-state index is 0.0903. The summed E-state index contributed by atoms with van der Waals surface area (Å²) in [4.78, 5) is 11.4. The molecule has 0 saturated carbocycles. The van der Waals surface area contributed by atoms with Gasteiger partial charge in [0.25, 0.3) is 0 Å². The quantitative estimate of drug-likeness (QED) is 0.869. The highest BCUT2D eigenvalue weighted by molar-refractivity contribution is 5.92. The molecule has 0 fully saturated rings. The lowest BCUT2D eigenvalue weighted by Crippen LogP contribution is -2.31. The Morgan fingerprint density at radius 3 is 2.68 bits per heavy atom. The van der Waals surface area contributed by atoms with E-state index in [1.54, 1.807) is 6.07 Å². The molecule has 1 aromatic carbocycles. The number of carbonyl (C=O) groups excluding carboxylic acids is 1. The van der Waals surface area contributed by atoms with Crippen LogP contribution in [-0.4, -0.2) is 19.1 Å². The lowest BCUT2D eigenvalue weighted by molar-refractivity contribution is -0.156. The Labute approximate surface area is 109 Å². The zero-order chi connectivity index (χ0) is 14.0. The van der Waals surface area contributed by atoms with E-state index in [1.807, 2.05) is 0 Å². The van der Waals surface area contributed by atoms with Gasteiger partial charge in [0.2, 0.25) is 5.91 Å². The Morgan fingerprint density at radius 1 is 1.32 bits per heavy atom. The van der Waals surface area contributed by atoms with Gasteiger partial charge in [-0.3, -0.25) is 4.79 Å². The van der Waals surface area contributed by atoms with Crippen LogP contribution < -0.4 is 10.6 Å². The number of nitrogens with one attached hydrogen (secondary N) is 2. The highest BCUT2D eigenvalue weighted by Gasteiger charge is 2.39. The SMILES string of the molecule is CNC(c1ccc2c(c1)CCCC(=O)N2)C(F)(F)F. The molecule has 0 bridgehead atoms. The number of rotatable bonds is 2. The molecular weight excluding hydrogens is 257 g/mol. The Bertz CT molecular complexity index is 485. The highest BCUT2D eigenvalue weighted by Crippen LogP contribution is 2.34. The molecule has 104 valence electrons. The molecule has 6 heteroatoms. The molecule has 2 rings (SSSR count). The van der Waals surface area contributed by atoms with Gasteiger partial charge < -0.3 is 10.6 Å². The molecule has 2 N–H and O–H groups in total. The third kappa shape index (κ3) is 3.07. The van der Waals surface area contributed by atoms with E-state index in [0.717, 1.165) is 5.56 Å². The third-order valence-corrected chi connectivity index (χ3v) is 3.20. The number of aryl methyl sites for hydroxylation is 1. The number of hydrogen-bond donors (Lipinski definition) is 2. The predicted molar refractivity (Wildman–Crippen MR) is 65.9 cm³/mol. The van der Waals surface area contributed by atoms with Crippen LogP contribution in [0.1, 0.15) is 30.0 Å². The minimum atomic E-state index is -4.34. The maximum absolute atomic E-state index is 12.8. The fraction of sp³-hybridized carbons (Fsp3) is 0.462. The normalized spacial score (nSPS) is 17.4. The van der Waals surface area contributed by atoms with Crippen molar-refractivity contribution in [2.24, 2.45) is 0 Å². The van der Waals surface area contributed by atoms with Crippen molar-refractivity contribution in [1.82, 2.24) is 5.32 Å². The van der Waals surface area contributed by atoms with Crippen LogP contribution in [0.25, 0.3) is 0 Å². The molecule has 1 aromatic rings. The molecule has 1 aliphatic heterocycles. The fourth-order valence-electron chi connectivity index (χ4n) is 2.29. The first-order chi connectivity index (χ1) is 8.91. The standard InChI is InChI=1S/C13H15F3N2O/c1-17-12(13(14,15)16)9-5-6-10-8(7-9)3-2-4-11(19)18-10/h5-7,12,17H,2-4H2,1H3,(H,18,19). The molecule has 1 unspecified atom stereocenters. The lowest BCUT2D eigenvalue weighted by Gasteiger charge is -2.21. The monoisotopic (exact) mass is 272 g/mol. The van der Waals surface area contributed by atoms with E-state index in [2.05, 4.69) is 10.6 Å². The highest BCUT2D eigenvalue weighted by atomic mass is 19.4. The first-order valence-corrected chi connectivity index (χ1v) is 6.08. The van der Waals surface area contributed by atoms with Gasteiger partial charge in [0, 0.05) is 12.1 Å². The smallest absolute Gasteiger partial charge is 0.326 e. The lowest BCUT2D eigenvalue weighted by atomic mass is 10.00. The molecule has 1 atom stereocenters. The zero-order valence-corrected chi connectivity index (χ0v) is 10.5. The number of fused-ring (bicyclic) bond motifs is 1. The van der Waals surface area contributed by atoms with E-state index in [1.165, 1.54) is 19.2 Å². The first kappa shape index (κ1) is 13.9. The molecule has 1 aliphatic rings. The van der Waals surface area contributed by atoms with Crippen molar-refractivity contribution in [3.8, 4) is 0 Å². The summed E-state index contributed by atoms with van der Waals surface area (Å²) in [6.07, 6.45) is -2.68. The van der Waals surface area contributed by atoms with Gasteiger partial charge in [0.1, 0.15) is 6.04 Å². The second-order valence-corrected chi connectivity index (χ2v) is 4.58. The van der Waals surface area contributed by atoms with Crippen molar-refractivity contribution in [1.29, 1.82) is 0 Å². The Balaban J connectivity index is 2.35. The topological polar surface area (TPSA) is 41.1 Å². The summed E-state index contributed by atoms with van der Waals surface area (Å²) < 4.78 is 38.5. The summed E-state index contributed by atoms with van der Waals surface area (Å²) in [7, 11) is 1.28. The number of alkyl halides is 3. The average Bonchev–Trinajstić information content (AvgIpc) is 2.48. The van der Waals surface area contributed by atoms with E-state index in [9.17, 15) is 18.0 Å². The van der Waals surface area contributed by atoms with Crippen LogP contribution in [0.3, 0.4) is 0 Å². The van der Waals surface area contributed by atoms with Crippen LogP contribution in [0.4, 0.5) is 18.9 Å². The van der Waals surface area contributed by atoms with Crippen molar-refractivity contribution in [2.75, 3.05) is 12.4 Å². The van der Waals surface area contributed by atoms with Gasteiger partial charge in [-0.25, -0.2) is 0 Å². The van der Waals surface area contributed by atoms with Crippen molar-refractivity contribution in [2.45, 2.75) is 31.5 Å². The largest absolute Gasteiger partial charge is 0.407 e. The molecule has 0 saturated heterocycles. The van der Waals surface area contributed by atoms with Crippen LogP contribution in [0.15, 0.2) is 18.2 Å². The van der Waals surface area contributed by atoms with Crippen LogP contribution >= 0.6 is 0 Å². The number of benzene rings is 1. The molecule has 3 nitrogen and oxygen atoms in total. The maximum atomic E-state index is 12.8. The number of halogens is 3.